The maximum absolute atomic E-state index is 13.7. The van der Waals surface area contributed by atoms with E-state index in [0.29, 0.717) is 11.6 Å². The quantitative estimate of drug-likeness (QED) is 0.463. The van der Waals surface area contributed by atoms with Gasteiger partial charge in [-0.2, -0.15) is 0 Å². The van der Waals surface area contributed by atoms with Gasteiger partial charge in [0.15, 0.2) is 5.78 Å². The molecule has 0 spiro atoms. The average molecular weight is 571 g/mol. The summed E-state index contributed by atoms with van der Waals surface area (Å²) in [5.41, 5.74) is 14.2. The van der Waals surface area contributed by atoms with Crippen molar-refractivity contribution in [1.29, 1.82) is 0 Å². The molecule has 1 heterocycles. The highest BCUT2D eigenvalue weighted by molar-refractivity contribution is 6.00. The molecule has 2 aromatic rings. The second-order valence-electron chi connectivity index (χ2n) is 12.4. The van der Waals surface area contributed by atoms with E-state index in [2.05, 4.69) is 52.5 Å². The Morgan fingerprint density at radius 1 is 1.00 bits per heavy atom. The smallest absolute Gasteiger partial charge is 0.251 e. The Balaban J connectivity index is 1.41. The third-order valence-corrected chi connectivity index (χ3v) is 9.28. The van der Waals surface area contributed by atoms with E-state index in [9.17, 15) is 9.59 Å². The minimum Gasteiger partial charge on any atom is -0.379 e. The molecule has 2 aliphatic carbocycles. The van der Waals surface area contributed by atoms with Gasteiger partial charge in [0.1, 0.15) is 0 Å². The fraction of sp³-hybridized carbons (Fsp3) is 0.486. The van der Waals surface area contributed by atoms with Gasteiger partial charge >= 0.3 is 0 Å². The van der Waals surface area contributed by atoms with Crippen LogP contribution in [0, 0.1) is 12.8 Å². The van der Waals surface area contributed by atoms with E-state index in [1.807, 2.05) is 32.9 Å². The molecule has 2 aromatic carbocycles. The summed E-state index contributed by atoms with van der Waals surface area (Å²) in [7, 11) is 2.14. The van der Waals surface area contributed by atoms with Crippen molar-refractivity contribution >= 4 is 17.4 Å². The molecule has 1 amide bonds. The number of nitrogens with two attached hydrogens (primary N) is 1. The fourth-order valence-electron chi connectivity index (χ4n) is 6.58. The molecule has 3 N–H and O–H groups in total. The van der Waals surface area contributed by atoms with Crippen LogP contribution in [0.15, 0.2) is 59.7 Å². The van der Waals surface area contributed by atoms with Gasteiger partial charge < -0.3 is 20.7 Å². The van der Waals surface area contributed by atoms with Crippen molar-refractivity contribution < 1.29 is 14.3 Å². The monoisotopic (exact) mass is 570 g/mol. The molecule has 5 rings (SSSR count). The predicted molar refractivity (Wildman–Crippen MR) is 170 cm³/mol. The fourth-order valence-corrected chi connectivity index (χ4v) is 6.58. The Hall–Kier alpha value is -3.26. The van der Waals surface area contributed by atoms with Crippen LogP contribution in [0.3, 0.4) is 0 Å². The third-order valence-electron chi connectivity index (χ3n) is 9.28. The lowest BCUT2D eigenvalue weighted by Gasteiger charge is -2.36. The molecule has 1 unspecified atom stereocenters. The number of rotatable bonds is 8. The molecule has 1 atom stereocenters. The second kappa shape index (κ2) is 13.4. The summed E-state index contributed by atoms with van der Waals surface area (Å²) in [5, 5.41) is 3.09. The van der Waals surface area contributed by atoms with Crippen molar-refractivity contribution in [3.63, 3.8) is 0 Å². The number of anilines is 1. The van der Waals surface area contributed by atoms with Crippen LogP contribution in [-0.4, -0.2) is 68.6 Å². The van der Waals surface area contributed by atoms with Gasteiger partial charge in [-0.1, -0.05) is 35.9 Å². The van der Waals surface area contributed by atoms with Crippen LogP contribution in [0.5, 0.6) is 0 Å². The lowest BCUT2D eigenvalue weighted by Crippen LogP contribution is -2.39. The van der Waals surface area contributed by atoms with Crippen LogP contribution >= 0.6 is 0 Å². The number of carbonyl (C=O) groups is 2. The predicted octanol–water partition coefficient (Wildman–Crippen LogP) is 5.02. The van der Waals surface area contributed by atoms with Crippen molar-refractivity contribution in [3.05, 3.63) is 76.4 Å². The molecule has 0 radical (unpaired) electrons. The number of morpholine rings is 1. The summed E-state index contributed by atoms with van der Waals surface area (Å²) in [4.78, 5) is 31.2. The van der Waals surface area contributed by atoms with Gasteiger partial charge in [0.05, 0.1) is 19.1 Å². The Bertz CT molecular complexity index is 1350. The van der Waals surface area contributed by atoms with E-state index < -0.39 is 0 Å². The average Bonchev–Trinajstić information content (AvgIpc) is 2.97. The molecule has 2 fully saturated rings. The van der Waals surface area contributed by atoms with Gasteiger partial charge in [0, 0.05) is 56.6 Å². The topological polar surface area (TPSA) is 87.9 Å². The Labute approximate surface area is 250 Å². The number of benzene rings is 2. The summed E-state index contributed by atoms with van der Waals surface area (Å²) in [6.07, 6.45) is 7.81. The molecule has 7 nitrogen and oxygen atoms in total. The first-order chi connectivity index (χ1) is 20.2. The summed E-state index contributed by atoms with van der Waals surface area (Å²) in [6, 6.07) is 13.6. The Kier molecular flexibility index (Phi) is 9.61. The van der Waals surface area contributed by atoms with E-state index in [0.717, 1.165) is 92.1 Å². The minimum atomic E-state index is -0.325. The van der Waals surface area contributed by atoms with Crippen molar-refractivity contribution in [1.82, 2.24) is 10.2 Å². The molecule has 1 saturated heterocycles. The molecule has 3 aliphatic rings. The zero-order valence-corrected chi connectivity index (χ0v) is 25.6. The molecule has 7 heteroatoms. The molecule has 0 bridgehead atoms. The zero-order valence-electron chi connectivity index (χ0n) is 25.6. The second-order valence-corrected chi connectivity index (χ2v) is 12.4. The van der Waals surface area contributed by atoms with Crippen LogP contribution in [0.4, 0.5) is 5.69 Å². The van der Waals surface area contributed by atoms with Gasteiger partial charge in [-0.05, 0) is 92.5 Å². The minimum absolute atomic E-state index is 0.0476. The van der Waals surface area contributed by atoms with E-state index in [4.69, 9.17) is 10.5 Å². The van der Waals surface area contributed by atoms with E-state index in [1.54, 1.807) is 6.08 Å². The Morgan fingerprint density at radius 2 is 1.69 bits per heavy atom. The molecule has 1 aliphatic heterocycles. The first kappa shape index (κ1) is 30.2. The number of ketones is 1. The molecule has 1 saturated carbocycles. The number of allylic oxidation sites excluding steroid dienone is 3. The van der Waals surface area contributed by atoms with Gasteiger partial charge in [-0.3, -0.25) is 14.5 Å². The van der Waals surface area contributed by atoms with Crippen molar-refractivity contribution in [3.8, 4) is 11.1 Å². The summed E-state index contributed by atoms with van der Waals surface area (Å²) < 4.78 is 5.49. The highest BCUT2D eigenvalue weighted by atomic mass is 16.5. The number of nitrogens with one attached hydrogen (secondary N) is 1. The SMILES string of the molecule is CC1=CC(=O)C(CNC(=O)c2cc(-c3ccc(CN4CCOCC4)cc3)cc(N(C)C3CCC(N)CC3)c2C)C(C)=C1. The largest absolute Gasteiger partial charge is 0.379 e. The first-order valence-corrected chi connectivity index (χ1v) is 15.4. The van der Waals surface area contributed by atoms with Crippen LogP contribution in [0.25, 0.3) is 11.1 Å². The van der Waals surface area contributed by atoms with E-state index in [1.165, 1.54) is 5.56 Å². The van der Waals surface area contributed by atoms with Crippen molar-refractivity contribution in [2.75, 3.05) is 44.8 Å². The third kappa shape index (κ3) is 7.02. The van der Waals surface area contributed by atoms with Crippen LogP contribution < -0.4 is 16.0 Å². The summed E-state index contributed by atoms with van der Waals surface area (Å²) >= 11 is 0. The molecule has 0 aromatic heterocycles. The molecular formula is C35H46N4O3. The first-order valence-electron chi connectivity index (χ1n) is 15.4. The zero-order chi connectivity index (χ0) is 29.8. The van der Waals surface area contributed by atoms with Crippen LogP contribution in [-0.2, 0) is 16.1 Å². The maximum atomic E-state index is 13.7. The van der Waals surface area contributed by atoms with Crippen molar-refractivity contribution in [2.45, 2.75) is 65.1 Å². The summed E-state index contributed by atoms with van der Waals surface area (Å²) in [5.74, 6) is -0.425. The van der Waals surface area contributed by atoms with Gasteiger partial charge in [-0.15, -0.1) is 0 Å². The molecular weight excluding hydrogens is 524 g/mol. The van der Waals surface area contributed by atoms with Crippen LogP contribution in [0.2, 0.25) is 0 Å². The van der Waals surface area contributed by atoms with E-state index >= 15 is 0 Å². The molecule has 224 valence electrons. The number of nitrogens with zero attached hydrogens (tertiary/aromatic N) is 2. The van der Waals surface area contributed by atoms with Crippen molar-refractivity contribution in [2.24, 2.45) is 11.7 Å². The standard InChI is InChI=1S/C35H46N4O3/c1-23-17-24(2)32(34(40)18-23)21-37-35(41)31-19-28(20-33(25(31)3)38(4)30-11-9-29(36)10-12-30)27-7-5-26(6-8-27)22-39-13-15-42-16-14-39/h5-8,17-20,29-30,32H,9-16,21-22,36H2,1-4H3,(H,37,41). The highest BCUT2D eigenvalue weighted by Gasteiger charge is 2.27. The summed E-state index contributed by atoms with van der Waals surface area (Å²) in [6.45, 7) is 10.6. The lowest BCUT2D eigenvalue weighted by molar-refractivity contribution is -0.117. The van der Waals surface area contributed by atoms with Gasteiger partial charge in [0.25, 0.3) is 5.91 Å². The number of hydrogen-bond donors (Lipinski definition) is 2. The lowest BCUT2D eigenvalue weighted by atomic mass is 9.88. The maximum Gasteiger partial charge on any atom is 0.251 e. The van der Waals surface area contributed by atoms with Gasteiger partial charge in [0.2, 0.25) is 0 Å². The number of hydrogen-bond acceptors (Lipinski definition) is 6. The number of amides is 1. The number of ether oxygens (including phenoxy) is 1. The van der Waals surface area contributed by atoms with E-state index in [-0.39, 0.29) is 30.2 Å². The number of carbonyl (C=O) groups excluding carboxylic acids is 2. The van der Waals surface area contributed by atoms with Crippen LogP contribution in [0.1, 0.15) is 61.0 Å². The Morgan fingerprint density at radius 3 is 2.36 bits per heavy atom. The molecule has 42 heavy (non-hydrogen) atoms. The highest BCUT2D eigenvalue weighted by Crippen LogP contribution is 2.34. The van der Waals surface area contributed by atoms with Gasteiger partial charge in [-0.25, -0.2) is 0 Å². The normalized spacial score (nSPS) is 23.3.